The lowest BCUT2D eigenvalue weighted by Crippen LogP contribution is -2.21. The first-order valence-corrected chi connectivity index (χ1v) is 8.14. The minimum Gasteiger partial charge on any atom is -0.374 e. The molecule has 2 saturated heterocycles. The van der Waals surface area contributed by atoms with Gasteiger partial charge in [0.05, 0.1) is 12.2 Å². The number of hydrogen-bond donors (Lipinski definition) is 1. The molecule has 108 valence electrons. The Morgan fingerprint density at radius 3 is 2.85 bits per heavy atom. The number of hydrogen-bond acceptors (Lipinski definition) is 4. The first-order chi connectivity index (χ1) is 9.85. The van der Waals surface area contributed by atoms with E-state index in [0.717, 1.165) is 37.4 Å². The molecule has 1 aliphatic carbocycles. The molecule has 2 bridgehead atoms. The van der Waals surface area contributed by atoms with Crippen molar-refractivity contribution in [2.75, 3.05) is 11.9 Å². The van der Waals surface area contributed by atoms with E-state index in [1.807, 2.05) is 0 Å². The van der Waals surface area contributed by atoms with Gasteiger partial charge in [0.25, 0.3) is 0 Å². The molecular weight excluding hydrogens is 250 g/mol. The molecule has 1 N–H and O–H groups in total. The zero-order valence-corrected chi connectivity index (χ0v) is 12.2. The Morgan fingerprint density at radius 2 is 2.10 bits per heavy atom. The predicted molar refractivity (Wildman–Crippen MR) is 78.1 cm³/mol. The van der Waals surface area contributed by atoms with Crippen molar-refractivity contribution < 1.29 is 4.74 Å². The summed E-state index contributed by atoms with van der Waals surface area (Å²) in [5.74, 6) is 2.56. The Hall–Kier alpha value is -1.16. The summed E-state index contributed by atoms with van der Waals surface area (Å²) in [4.78, 5) is 9.80. The molecule has 0 spiro atoms. The highest BCUT2D eigenvalue weighted by Gasteiger charge is 2.43. The van der Waals surface area contributed by atoms with Crippen LogP contribution in [-0.4, -0.2) is 28.7 Å². The first kappa shape index (κ1) is 12.6. The third kappa shape index (κ3) is 2.01. The Morgan fingerprint density at radius 1 is 1.20 bits per heavy atom. The first-order valence-electron chi connectivity index (χ1n) is 8.14. The zero-order chi connectivity index (χ0) is 13.5. The van der Waals surface area contributed by atoms with Gasteiger partial charge in [-0.3, -0.25) is 0 Å². The van der Waals surface area contributed by atoms with Gasteiger partial charge in [-0.1, -0.05) is 0 Å². The fourth-order valence-corrected chi connectivity index (χ4v) is 4.00. The van der Waals surface area contributed by atoms with Crippen molar-refractivity contribution in [3.63, 3.8) is 0 Å². The number of nitrogens with one attached hydrogen (secondary N) is 1. The molecule has 4 heteroatoms. The van der Waals surface area contributed by atoms with E-state index >= 15 is 0 Å². The lowest BCUT2D eigenvalue weighted by atomic mass is 9.88. The average Bonchev–Trinajstić information content (AvgIpc) is 3.10. The van der Waals surface area contributed by atoms with E-state index in [0.29, 0.717) is 18.1 Å². The molecule has 2 aliphatic heterocycles. The molecule has 0 radical (unpaired) electrons. The normalized spacial score (nSPS) is 31.4. The molecule has 0 aromatic carbocycles. The second kappa shape index (κ2) is 4.99. The van der Waals surface area contributed by atoms with Crippen molar-refractivity contribution in [1.29, 1.82) is 0 Å². The van der Waals surface area contributed by atoms with Crippen molar-refractivity contribution in [1.82, 2.24) is 9.97 Å². The summed E-state index contributed by atoms with van der Waals surface area (Å²) in [5.41, 5.74) is 2.66. The van der Waals surface area contributed by atoms with Crippen molar-refractivity contribution in [2.24, 2.45) is 0 Å². The molecule has 3 unspecified atom stereocenters. The quantitative estimate of drug-likeness (QED) is 0.920. The minimum absolute atomic E-state index is 0.371. The second-order valence-corrected chi connectivity index (χ2v) is 6.31. The topological polar surface area (TPSA) is 47.0 Å². The van der Waals surface area contributed by atoms with Crippen LogP contribution < -0.4 is 5.32 Å². The number of rotatable bonds is 3. The lowest BCUT2D eigenvalue weighted by molar-refractivity contribution is 0.0998. The highest BCUT2D eigenvalue weighted by Crippen LogP contribution is 2.44. The maximum atomic E-state index is 5.98. The third-order valence-electron chi connectivity index (χ3n) is 4.98. The lowest BCUT2D eigenvalue weighted by Gasteiger charge is -2.23. The molecule has 1 aromatic rings. The van der Waals surface area contributed by atoms with Gasteiger partial charge in [0, 0.05) is 23.7 Å². The van der Waals surface area contributed by atoms with E-state index in [2.05, 4.69) is 12.2 Å². The average molecular weight is 273 g/mol. The summed E-state index contributed by atoms with van der Waals surface area (Å²) in [6, 6.07) is 0. The van der Waals surface area contributed by atoms with Crippen molar-refractivity contribution >= 4 is 5.82 Å². The summed E-state index contributed by atoms with van der Waals surface area (Å²) in [5, 5.41) is 3.45. The van der Waals surface area contributed by atoms with E-state index in [-0.39, 0.29) is 0 Å². The maximum Gasteiger partial charge on any atom is 0.136 e. The van der Waals surface area contributed by atoms with Crippen molar-refractivity contribution in [3.8, 4) is 0 Å². The van der Waals surface area contributed by atoms with Crippen molar-refractivity contribution in [2.45, 2.75) is 70.0 Å². The molecule has 4 rings (SSSR count). The van der Waals surface area contributed by atoms with Gasteiger partial charge in [-0.2, -0.15) is 0 Å². The molecule has 0 amide bonds. The Balaban J connectivity index is 1.71. The van der Waals surface area contributed by atoms with Crippen LogP contribution in [0.3, 0.4) is 0 Å². The Bertz CT molecular complexity index is 517. The van der Waals surface area contributed by atoms with E-state index in [9.17, 15) is 0 Å². The minimum atomic E-state index is 0.371. The molecule has 0 saturated carbocycles. The van der Waals surface area contributed by atoms with Crippen molar-refractivity contribution in [3.05, 3.63) is 17.1 Å². The number of nitrogens with zero attached hydrogens (tertiary/aromatic N) is 2. The standard InChI is InChI=1S/C16H23N3O/c1-2-17-15-11-5-3-4-6-13(11)18-16(19-15)12-9-10-7-8-14(12)20-10/h10,12,14H,2-9H2,1H3,(H,17,18,19). The van der Waals surface area contributed by atoms with Gasteiger partial charge in [0.2, 0.25) is 0 Å². The van der Waals surface area contributed by atoms with Crippen LogP contribution in [0.5, 0.6) is 0 Å². The smallest absolute Gasteiger partial charge is 0.136 e. The Kier molecular flexibility index (Phi) is 3.14. The summed E-state index contributed by atoms with van der Waals surface area (Å²) < 4.78 is 5.98. The van der Waals surface area contributed by atoms with Crippen LogP contribution in [0.2, 0.25) is 0 Å². The highest BCUT2D eigenvalue weighted by atomic mass is 16.5. The number of aromatic nitrogens is 2. The third-order valence-corrected chi connectivity index (χ3v) is 4.98. The monoisotopic (exact) mass is 273 g/mol. The van der Waals surface area contributed by atoms with Crippen LogP contribution in [0.4, 0.5) is 5.82 Å². The molecular formula is C16H23N3O. The molecule has 1 aromatic heterocycles. The molecule has 3 atom stereocenters. The molecule has 3 heterocycles. The number of fused-ring (bicyclic) bond motifs is 3. The van der Waals surface area contributed by atoms with Crippen LogP contribution in [0.15, 0.2) is 0 Å². The van der Waals surface area contributed by atoms with Crippen LogP contribution in [0.25, 0.3) is 0 Å². The van der Waals surface area contributed by atoms with E-state index in [1.165, 1.54) is 36.9 Å². The van der Waals surface area contributed by atoms with Crippen LogP contribution in [0, 0.1) is 0 Å². The van der Waals surface area contributed by atoms with Gasteiger partial charge in [-0.15, -0.1) is 0 Å². The van der Waals surface area contributed by atoms with Crippen LogP contribution >= 0.6 is 0 Å². The van der Waals surface area contributed by atoms with Crippen LogP contribution in [0.1, 0.15) is 62.0 Å². The largest absolute Gasteiger partial charge is 0.374 e. The number of aryl methyl sites for hydroxylation is 1. The fraction of sp³-hybridized carbons (Fsp3) is 0.750. The fourth-order valence-electron chi connectivity index (χ4n) is 4.00. The number of anilines is 1. The van der Waals surface area contributed by atoms with Gasteiger partial charge in [0.15, 0.2) is 0 Å². The summed E-state index contributed by atoms with van der Waals surface area (Å²) in [6.45, 7) is 3.06. The second-order valence-electron chi connectivity index (χ2n) is 6.31. The van der Waals surface area contributed by atoms with Gasteiger partial charge in [-0.25, -0.2) is 9.97 Å². The zero-order valence-electron chi connectivity index (χ0n) is 12.2. The van der Waals surface area contributed by atoms with Gasteiger partial charge < -0.3 is 10.1 Å². The van der Waals surface area contributed by atoms with Gasteiger partial charge in [0.1, 0.15) is 11.6 Å². The summed E-state index contributed by atoms with van der Waals surface area (Å²) in [6.07, 6.45) is 9.15. The summed E-state index contributed by atoms with van der Waals surface area (Å²) >= 11 is 0. The molecule has 3 aliphatic rings. The summed E-state index contributed by atoms with van der Waals surface area (Å²) in [7, 11) is 0. The highest BCUT2D eigenvalue weighted by molar-refractivity contribution is 5.48. The van der Waals surface area contributed by atoms with E-state index < -0.39 is 0 Å². The predicted octanol–water partition coefficient (Wildman–Crippen LogP) is 2.82. The molecule has 4 nitrogen and oxygen atoms in total. The van der Waals surface area contributed by atoms with Gasteiger partial charge in [-0.05, 0) is 51.9 Å². The van der Waals surface area contributed by atoms with E-state index in [4.69, 9.17) is 14.7 Å². The van der Waals surface area contributed by atoms with E-state index in [1.54, 1.807) is 0 Å². The van der Waals surface area contributed by atoms with Gasteiger partial charge >= 0.3 is 0 Å². The number of ether oxygens (including phenoxy) is 1. The molecule has 2 fully saturated rings. The van der Waals surface area contributed by atoms with Crippen LogP contribution in [-0.2, 0) is 17.6 Å². The Labute approximate surface area is 120 Å². The SMILES string of the molecule is CCNc1nc(C2CC3CCC2O3)nc2c1CCCC2. The maximum absolute atomic E-state index is 5.98. The molecule has 20 heavy (non-hydrogen) atoms.